The third-order valence-electron chi connectivity index (χ3n) is 2.75. The molecule has 21 heavy (non-hydrogen) atoms. The van der Waals surface area contributed by atoms with Gasteiger partial charge in [-0.3, -0.25) is 14.9 Å². The molecule has 1 heterocycles. The molecule has 110 valence electrons. The number of nitrogens with zero attached hydrogens (tertiary/aromatic N) is 2. The van der Waals surface area contributed by atoms with E-state index in [0.29, 0.717) is 22.3 Å². The van der Waals surface area contributed by atoms with E-state index < -0.39 is 4.92 Å². The molecule has 8 heteroatoms. The number of nitrogens with one attached hydrogen (secondary N) is 2. The smallest absolute Gasteiger partial charge is 0.292 e. The first-order valence-corrected chi connectivity index (χ1v) is 7.14. The molecule has 0 aliphatic rings. The Bertz CT molecular complexity index is 730. The van der Waals surface area contributed by atoms with Crippen molar-refractivity contribution in [3.63, 3.8) is 0 Å². The highest BCUT2D eigenvalue weighted by Gasteiger charge is 2.13. The summed E-state index contributed by atoms with van der Waals surface area (Å²) in [6, 6.07) is 6.31. The summed E-state index contributed by atoms with van der Waals surface area (Å²) in [4.78, 5) is 28.6. The van der Waals surface area contributed by atoms with E-state index in [-0.39, 0.29) is 11.2 Å². The Morgan fingerprint density at radius 3 is 2.81 bits per heavy atom. The monoisotopic (exact) mass is 306 g/mol. The van der Waals surface area contributed by atoms with Crippen LogP contribution in [0.15, 0.2) is 34.2 Å². The van der Waals surface area contributed by atoms with E-state index in [1.165, 1.54) is 23.9 Å². The number of nitro benzene ring substituents is 1. The van der Waals surface area contributed by atoms with Crippen molar-refractivity contribution in [2.45, 2.75) is 17.8 Å². The van der Waals surface area contributed by atoms with E-state index in [4.69, 9.17) is 0 Å². The Labute approximate surface area is 125 Å². The largest absolute Gasteiger partial charge is 0.383 e. The first-order chi connectivity index (χ1) is 9.99. The molecular formula is C13H14N4O3S. The van der Waals surface area contributed by atoms with Gasteiger partial charge in [0.2, 0.25) is 0 Å². The van der Waals surface area contributed by atoms with E-state index in [1.807, 2.05) is 0 Å². The van der Waals surface area contributed by atoms with Gasteiger partial charge >= 0.3 is 0 Å². The molecule has 0 atom stereocenters. The van der Waals surface area contributed by atoms with Crippen LogP contribution in [0.2, 0.25) is 0 Å². The molecule has 0 unspecified atom stereocenters. The number of benzene rings is 1. The SMILES string of the molecule is CNc1cc(CSc2nc(C)cc(=O)[nH]2)ccc1[N+](=O)[O-]. The number of aryl methyl sites for hydroxylation is 1. The molecule has 2 rings (SSSR count). The van der Waals surface area contributed by atoms with Gasteiger partial charge < -0.3 is 10.3 Å². The van der Waals surface area contributed by atoms with Crippen LogP contribution >= 0.6 is 11.8 Å². The highest BCUT2D eigenvalue weighted by atomic mass is 32.2. The Kier molecular flexibility index (Phi) is 4.59. The second-order valence-corrected chi connectivity index (χ2v) is 5.30. The van der Waals surface area contributed by atoms with Gasteiger partial charge in [0, 0.05) is 30.6 Å². The Balaban J connectivity index is 2.16. The Morgan fingerprint density at radius 2 is 2.19 bits per heavy atom. The van der Waals surface area contributed by atoms with Crippen LogP contribution in [0.3, 0.4) is 0 Å². The summed E-state index contributed by atoms with van der Waals surface area (Å²) in [7, 11) is 1.64. The molecule has 1 aromatic heterocycles. The quantitative estimate of drug-likeness (QED) is 0.380. The topological polar surface area (TPSA) is 101 Å². The van der Waals surface area contributed by atoms with Gasteiger partial charge in [-0.1, -0.05) is 17.8 Å². The van der Waals surface area contributed by atoms with Crippen molar-refractivity contribution in [2.24, 2.45) is 0 Å². The van der Waals surface area contributed by atoms with Crippen LogP contribution in [-0.4, -0.2) is 21.9 Å². The van der Waals surface area contributed by atoms with Gasteiger partial charge in [0.15, 0.2) is 5.16 Å². The van der Waals surface area contributed by atoms with Gasteiger partial charge in [0.1, 0.15) is 5.69 Å². The van der Waals surface area contributed by atoms with Crippen LogP contribution in [0.1, 0.15) is 11.3 Å². The van der Waals surface area contributed by atoms with Gasteiger partial charge in [-0.2, -0.15) is 0 Å². The number of H-pyrrole nitrogens is 1. The van der Waals surface area contributed by atoms with Crippen LogP contribution in [0.4, 0.5) is 11.4 Å². The molecule has 0 spiro atoms. The molecular weight excluding hydrogens is 292 g/mol. The first kappa shape index (κ1) is 15.0. The van der Waals surface area contributed by atoms with Crippen LogP contribution < -0.4 is 10.9 Å². The Morgan fingerprint density at radius 1 is 1.43 bits per heavy atom. The van der Waals surface area contributed by atoms with Crippen LogP contribution in [0.5, 0.6) is 0 Å². The summed E-state index contributed by atoms with van der Waals surface area (Å²) in [5, 5.41) is 14.2. The molecule has 0 aliphatic carbocycles. The lowest BCUT2D eigenvalue weighted by molar-refractivity contribution is -0.383. The fourth-order valence-electron chi connectivity index (χ4n) is 1.80. The fourth-order valence-corrected chi connectivity index (χ4v) is 2.67. The molecule has 0 amide bonds. The van der Waals surface area contributed by atoms with Crippen molar-refractivity contribution in [1.29, 1.82) is 0 Å². The van der Waals surface area contributed by atoms with Gasteiger partial charge in [0.05, 0.1) is 4.92 Å². The second-order valence-electron chi connectivity index (χ2n) is 4.34. The molecule has 0 aliphatic heterocycles. The number of aromatic amines is 1. The zero-order valence-corrected chi connectivity index (χ0v) is 12.4. The zero-order valence-electron chi connectivity index (χ0n) is 11.5. The predicted molar refractivity (Wildman–Crippen MR) is 81.8 cm³/mol. The normalized spacial score (nSPS) is 10.4. The van der Waals surface area contributed by atoms with Crippen LogP contribution in [0, 0.1) is 17.0 Å². The molecule has 2 aromatic rings. The number of hydrogen-bond donors (Lipinski definition) is 2. The summed E-state index contributed by atoms with van der Waals surface area (Å²) in [5.74, 6) is 0.555. The molecule has 0 saturated heterocycles. The molecule has 7 nitrogen and oxygen atoms in total. The minimum Gasteiger partial charge on any atom is -0.383 e. The lowest BCUT2D eigenvalue weighted by Crippen LogP contribution is -2.08. The summed E-state index contributed by atoms with van der Waals surface area (Å²) < 4.78 is 0. The van der Waals surface area contributed by atoms with Crippen LogP contribution in [0.25, 0.3) is 0 Å². The summed E-state index contributed by atoms with van der Waals surface area (Å²) in [6.07, 6.45) is 0. The molecule has 0 saturated carbocycles. The van der Waals surface area contributed by atoms with E-state index in [2.05, 4.69) is 15.3 Å². The second kappa shape index (κ2) is 6.40. The molecule has 1 aromatic carbocycles. The van der Waals surface area contributed by atoms with Crippen LogP contribution in [-0.2, 0) is 5.75 Å². The number of aromatic nitrogens is 2. The van der Waals surface area contributed by atoms with Gasteiger partial charge in [-0.15, -0.1) is 0 Å². The maximum Gasteiger partial charge on any atom is 0.292 e. The highest BCUT2D eigenvalue weighted by Crippen LogP contribution is 2.27. The maximum atomic E-state index is 11.3. The summed E-state index contributed by atoms with van der Waals surface area (Å²) >= 11 is 1.37. The van der Waals surface area contributed by atoms with Gasteiger partial charge in [-0.25, -0.2) is 4.98 Å². The highest BCUT2D eigenvalue weighted by molar-refractivity contribution is 7.98. The van der Waals surface area contributed by atoms with Crippen molar-refractivity contribution in [2.75, 3.05) is 12.4 Å². The summed E-state index contributed by atoms with van der Waals surface area (Å²) in [5.41, 5.74) is 1.86. The molecule has 0 fully saturated rings. The lowest BCUT2D eigenvalue weighted by atomic mass is 10.2. The summed E-state index contributed by atoms with van der Waals surface area (Å²) in [6.45, 7) is 1.75. The third-order valence-corrected chi connectivity index (χ3v) is 3.70. The first-order valence-electron chi connectivity index (χ1n) is 6.15. The molecule has 2 N–H and O–H groups in total. The van der Waals surface area contributed by atoms with Crippen molar-refractivity contribution >= 4 is 23.1 Å². The van der Waals surface area contributed by atoms with E-state index >= 15 is 0 Å². The van der Waals surface area contributed by atoms with E-state index in [9.17, 15) is 14.9 Å². The molecule has 0 bridgehead atoms. The van der Waals surface area contributed by atoms with Crippen molar-refractivity contribution in [3.05, 3.63) is 56.0 Å². The minimum absolute atomic E-state index is 0.0355. The maximum absolute atomic E-state index is 11.3. The molecule has 0 radical (unpaired) electrons. The minimum atomic E-state index is -0.428. The van der Waals surface area contributed by atoms with E-state index in [0.717, 1.165) is 5.56 Å². The van der Waals surface area contributed by atoms with Gasteiger partial charge in [0.25, 0.3) is 11.2 Å². The number of anilines is 1. The number of rotatable bonds is 5. The number of thioether (sulfide) groups is 1. The predicted octanol–water partition coefficient (Wildman–Crippen LogP) is 2.32. The third kappa shape index (κ3) is 3.82. The zero-order chi connectivity index (χ0) is 15.4. The van der Waals surface area contributed by atoms with Crippen molar-refractivity contribution in [1.82, 2.24) is 9.97 Å². The number of nitro groups is 1. The van der Waals surface area contributed by atoms with Gasteiger partial charge in [-0.05, 0) is 18.6 Å². The lowest BCUT2D eigenvalue weighted by Gasteiger charge is -2.06. The van der Waals surface area contributed by atoms with Crippen molar-refractivity contribution in [3.8, 4) is 0 Å². The standard InChI is InChI=1S/C13H14N4O3S/c1-8-5-12(18)16-13(15-8)21-7-9-3-4-11(17(19)20)10(6-9)14-2/h3-6,14H,7H2,1-2H3,(H,15,16,18). The Hall–Kier alpha value is -2.35. The average Bonchev–Trinajstić information content (AvgIpc) is 2.43. The average molecular weight is 306 g/mol. The van der Waals surface area contributed by atoms with Crippen molar-refractivity contribution < 1.29 is 4.92 Å². The number of hydrogen-bond acceptors (Lipinski definition) is 6. The van der Waals surface area contributed by atoms with E-state index in [1.54, 1.807) is 26.1 Å². The fraction of sp³-hybridized carbons (Fsp3) is 0.231.